The van der Waals surface area contributed by atoms with E-state index in [1.54, 1.807) is 6.07 Å². The Balaban J connectivity index is 1.31. The first-order valence-electron chi connectivity index (χ1n) is 10.1. The maximum atomic E-state index is 13.5. The van der Waals surface area contributed by atoms with Gasteiger partial charge in [-0.3, -0.25) is 9.80 Å². The van der Waals surface area contributed by atoms with Crippen LogP contribution in [0.3, 0.4) is 0 Å². The number of rotatable bonds is 3. The van der Waals surface area contributed by atoms with Gasteiger partial charge in [-0.05, 0) is 32.0 Å². The van der Waals surface area contributed by atoms with Gasteiger partial charge in [-0.2, -0.15) is 0 Å². The highest BCUT2D eigenvalue weighted by molar-refractivity contribution is 5.47. The van der Waals surface area contributed by atoms with Crippen LogP contribution in [-0.4, -0.2) is 97.4 Å². The van der Waals surface area contributed by atoms with Gasteiger partial charge in [0.05, 0.1) is 6.10 Å². The number of benzene rings is 1. The van der Waals surface area contributed by atoms with Crippen molar-refractivity contribution in [2.75, 3.05) is 64.3 Å². The van der Waals surface area contributed by atoms with E-state index in [9.17, 15) is 13.9 Å². The highest BCUT2D eigenvalue weighted by atomic mass is 19.2. The number of likely N-dealkylation sites (N-methyl/N-ethyl adjacent to an activating group) is 1. The molecule has 7 heteroatoms. The van der Waals surface area contributed by atoms with Gasteiger partial charge >= 0.3 is 0 Å². The van der Waals surface area contributed by atoms with Gasteiger partial charge in [-0.25, -0.2) is 8.78 Å². The minimum absolute atomic E-state index is 0.239. The minimum atomic E-state index is -0.797. The molecule has 3 aliphatic rings. The molecule has 0 spiro atoms. The van der Waals surface area contributed by atoms with Gasteiger partial charge in [0.15, 0.2) is 11.6 Å². The molecule has 0 radical (unpaired) electrons. The highest BCUT2D eigenvalue weighted by Crippen LogP contribution is 2.27. The molecule has 0 amide bonds. The van der Waals surface area contributed by atoms with Crippen LogP contribution in [0.5, 0.6) is 0 Å². The van der Waals surface area contributed by atoms with E-state index in [1.807, 2.05) is 0 Å². The molecule has 0 unspecified atom stereocenters. The smallest absolute Gasteiger partial charge is 0.160 e. The van der Waals surface area contributed by atoms with E-state index < -0.39 is 11.6 Å². The Morgan fingerprint density at radius 1 is 0.889 bits per heavy atom. The summed E-state index contributed by atoms with van der Waals surface area (Å²) in [4.78, 5) is 9.35. The Bertz CT molecular complexity index is 645. The lowest BCUT2D eigenvalue weighted by molar-refractivity contribution is 0.0512. The van der Waals surface area contributed by atoms with Crippen molar-refractivity contribution < 1.29 is 13.9 Å². The van der Waals surface area contributed by atoms with E-state index in [0.29, 0.717) is 6.04 Å². The van der Waals surface area contributed by atoms with E-state index in [2.05, 4.69) is 26.6 Å². The van der Waals surface area contributed by atoms with Crippen molar-refractivity contribution in [1.29, 1.82) is 0 Å². The fraction of sp³-hybridized carbons (Fsp3) is 0.700. The lowest BCUT2D eigenvalue weighted by Gasteiger charge is -2.39. The normalized spacial score (nSPS) is 29.6. The van der Waals surface area contributed by atoms with Gasteiger partial charge < -0.3 is 14.9 Å². The largest absolute Gasteiger partial charge is 0.390 e. The predicted octanol–water partition coefficient (Wildman–Crippen LogP) is 1.23. The lowest BCUT2D eigenvalue weighted by atomic mass is 10.0. The summed E-state index contributed by atoms with van der Waals surface area (Å²) < 4.78 is 26.6. The van der Waals surface area contributed by atoms with Crippen LogP contribution in [0.15, 0.2) is 18.2 Å². The van der Waals surface area contributed by atoms with Gasteiger partial charge in [-0.1, -0.05) is 0 Å². The van der Waals surface area contributed by atoms with Crippen molar-refractivity contribution in [2.24, 2.45) is 0 Å². The molecule has 1 N–H and O–H groups in total. The summed E-state index contributed by atoms with van der Waals surface area (Å²) in [5.74, 6) is -1.58. The van der Waals surface area contributed by atoms with Crippen molar-refractivity contribution in [1.82, 2.24) is 14.7 Å². The summed E-state index contributed by atoms with van der Waals surface area (Å²) >= 11 is 0. The Labute approximate surface area is 160 Å². The van der Waals surface area contributed by atoms with Gasteiger partial charge in [0.2, 0.25) is 0 Å². The molecule has 0 aliphatic carbocycles. The van der Waals surface area contributed by atoms with Crippen LogP contribution in [-0.2, 0) is 0 Å². The molecule has 2 atom stereocenters. The summed E-state index contributed by atoms with van der Waals surface area (Å²) in [6, 6.07) is 4.84. The van der Waals surface area contributed by atoms with E-state index in [0.717, 1.165) is 70.9 Å². The van der Waals surface area contributed by atoms with Crippen molar-refractivity contribution in [3.05, 3.63) is 29.8 Å². The molecule has 3 heterocycles. The number of anilines is 1. The van der Waals surface area contributed by atoms with Crippen LogP contribution in [0.1, 0.15) is 12.8 Å². The second-order valence-electron chi connectivity index (χ2n) is 8.24. The number of piperazine rings is 1. The molecule has 4 rings (SSSR count). The zero-order valence-electron chi connectivity index (χ0n) is 16.0. The van der Waals surface area contributed by atoms with Crippen molar-refractivity contribution in [3.8, 4) is 0 Å². The molecule has 3 aliphatic heterocycles. The maximum Gasteiger partial charge on any atom is 0.160 e. The van der Waals surface area contributed by atoms with Crippen LogP contribution in [0.25, 0.3) is 0 Å². The maximum absolute atomic E-state index is 13.5. The number of nitrogens with zero attached hydrogens (tertiary/aromatic N) is 4. The third-order valence-electron chi connectivity index (χ3n) is 6.54. The first-order valence-corrected chi connectivity index (χ1v) is 10.1. The third kappa shape index (κ3) is 4.11. The molecular weight excluding hydrogens is 350 g/mol. The lowest BCUT2D eigenvalue weighted by Crippen LogP contribution is -2.53. The molecule has 0 saturated carbocycles. The topological polar surface area (TPSA) is 33.2 Å². The van der Waals surface area contributed by atoms with Crippen molar-refractivity contribution in [3.63, 3.8) is 0 Å². The monoisotopic (exact) mass is 380 g/mol. The molecule has 1 aromatic carbocycles. The Morgan fingerprint density at radius 2 is 1.59 bits per heavy atom. The summed E-state index contributed by atoms with van der Waals surface area (Å²) in [7, 11) is 2.15. The summed E-state index contributed by atoms with van der Waals surface area (Å²) in [5, 5.41) is 10.6. The van der Waals surface area contributed by atoms with Crippen LogP contribution in [0, 0.1) is 11.6 Å². The number of likely N-dealkylation sites (tertiary alicyclic amines) is 1. The number of β-amino-alcohol motifs (C(OH)–C–C–N with tert-alkyl or cyclic N) is 1. The molecule has 0 bridgehead atoms. The number of aliphatic hydroxyl groups is 1. The fourth-order valence-electron chi connectivity index (χ4n) is 4.78. The van der Waals surface area contributed by atoms with Gasteiger partial charge in [0, 0.05) is 76.2 Å². The molecule has 5 nitrogen and oxygen atoms in total. The third-order valence-corrected chi connectivity index (χ3v) is 6.54. The van der Waals surface area contributed by atoms with Crippen LogP contribution < -0.4 is 4.90 Å². The number of hydrogen-bond donors (Lipinski definition) is 1. The summed E-state index contributed by atoms with van der Waals surface area (Å²) in [6.07, 6.45) is 1.69. The van der Waals surface area contributed by atoms with Crippen molar-refractivity contribution in [2.45, 2.75) is 31.0 Å². The summed E-state index contributed by atoms with van der Waals surface area (Å²) in [5.41, 5.74) is 0.754. The predicted molar refractivity (Wildman–Crippen MR) is 102 cm³/mol. The first kappa shape index (κ1) is 19.1. The molecule has 27 heavy (non-hydrogen) atoms. The number of halogens is 2. The number of piperidine rings is 1. The fourth-order valence-corrected chi connectivity index (χ4v) is 4.78. The highest BCUT2D eigenvalue weighted by Gasteiger charge is 2.39. The molecular formula is C20H30F2N4O. The van der Waals surface area contributed by atoms with E-state index in [-0.39, 0.29) is 12.1 Å². The second kappa shape index (κ2) is 7.99. The minimum Gasteiger partial charge on any atom is -0.390 e. The molecule has 150 valence electrons. The van der Waals surface area contributed by atoms with Crippen LogP contribution in [0.2, 0.25) is 0 Å². The average Bonchev–Trinajstić information content (AvgIpc) is 3.06. The van der Waals surface area contributed by atoms with Gasteiger partial charge in [0.25, 0.3) is 0 Å². The zero-order valence-corrected chi connectivity index (χ0v) is 16.0. The first-order chi connectivity index (χ1) is 13.0. The quantitative estimate of drug-likeness (QED) is 0.853. The van der Waals surface area contributed by atoms with Gasteiger partial charge in [0.1, 0.15) is 0 Å². The summed E-state index contributed by atoms with van der Waals surface area (Å²) in [6.45, 7) is 7.53. The molecule has 1 aromatic rings. The zero-order chi connectivity index (χ0) is 19.0. The Morgan fingerprint density at radius 3 is 2.26 bits per heavy atom. The number of aliphatic hydroxyl groups excluding tert-OH is 1. The SMILES string of the molecule is CN1CCN([C@H]2CN(C3CCN(c4ccc(F)c(F)c4)CC3)C[C@@H]2O)CC1. The Hall–Kier alpha value is -1.28. The van der Waals surface area contributed by atoms with E-state index in [1.165, 1.54) is 12.1 Å². The number of hydrogen-bond acceptors (Lipinski definition) is 5. The van der Waals surface area contributed by atoms with E-state index >= 15 is 0 Å². The van der Waals surface area contributed by atoms with Crippen molar-refractivity contribution >= 4 is 5.69 Å². The Kier molecular flexibility index (Phi) is 5.64. The van der Waals surface area contributed by atoms with Crippen LogP contribution in [0.4, 0.5) is 14.5 Å². The molecule has 0 aromatic heterocycles. The van der Waals surface area contributed by atoms with Crippen LogP contribution >= 0.6 is 0 Å². The standard InChI is InChI=1S/C20H30F2N4O/c1-23-8-10-25(11-9-23)19-13-26(14-20(19)27)15-4-6-24(7-5-15)16-2-3-17(21)18(22)12-16/h2-3,12,15,19-20,27H,4-11,13-14H2,1H3/t19-,20-/m0/s1. The molecule has 3 fully saturated rings. The molecule has 3 saturated heterocycles. The van der Waals surface area contributed by atoms with E-state index in [4.69, 9.17) is 0 Å². The second-order valence-corrected chi connectivity index (χ2v) is 8.24. The van der Waals surface area contributed by atoms with Gasteiger partial charge in [-0.15, -0.1) is 0 Å². The average molecular weight is 380 g/mol.